The first-order chi connectivity index (χ1) is 13.6. The van der Waals surface area contributed by atoms with Gasteiger partial charge in [0.1, 0.15) is 6.61 Å². The van der Waals surface area contributed by atoms with Gasteiger partial charge in [0.25, 0.3) is 0 Å². The molecule has 0 radical (unpaired) electrons. The molecule has 0 heterocycles. The van der Waals surface area contributed by atoms with Gasteiger partial charge in [-0.3, -0.25) is 0 Å². The zero-order valence-electron chi connectivity index (χ0n) is 15.3. The first-order valence-corrected chi connectivity index (χ1v) is 10.7. The predicted molar refractivity (Wildman–Crippen MR) is 125 cm³/mol. The zero-order valence-corrected chi connectivity index (χ0v) is 19.0. The van der Waals surface area contributed by atoms with Crippen molar-refractivity contribution in [1.29, 1.82) is 0 Å². The molecule has 1 N–H and O–H groups in total. The number of hydrogen-bond donors (Lipinski definition) is 1. The van der Waals surface area contributed by atoms with Gasteiger partial charge in [-0.25, -0.2) is 0 Å². The number of halogens is 3. The highest BCUT2D eigenvalue weighted by Gasteiger charge is 2.13. The van der Waals surface area contributed by atoms with Crippen molar-refractivity contribution in [3.8, 4) is 11.5 Å². The number of anilines is 1. The minimum Gasteiger partial charge on any atom is -0.490 e. The number of rotatable bonds is 8. The molecule has 3 nitrogen and oxygen atoms in total. The van der Waals surface area contributed by atoms with Crippen LogP contribution in [0.25, 0.3) is 0 Å². The molecule has 3 aromatic carbocycles. The van der Waals surface area contributed by atoms with Gasteiger partial charge in [0.15, 0.2) is 11.5 Å². The SMILES string of the molecule is CCOc1cc(CNc2ccc(Cl)cc2Cl)cc(I)c1OCc1ccccc1. The van der Waals surface area contributed by atoms with Crippen molar-refractivity contribution in [2.45, 2.75) is 20.1 Å². The predicted octanol–water partition coefficient (Wildman–Crippen LogP) is 7.19. The summed E-state index contributed by atoms with van der Waals surface area (Å²) in [5.74, 6) is 1.50. The normalized spacial score (nSPS) is 10.6. The zero-order chi connectivity index (χ0) is 19.9. The maximum atomic E-state index is 6.24. The van der Waals surface area contributed by atoms with Gasteiger partial charge in [-0.1, -0.05) is 53.5 Å². The Labute approximate surface area is 189 Å². The summed E-state index contributed by atoms with van der Waals surface area (Å²) in [4.78, 5) is 0. The second kappa shape index (κ2) is 10.2. The van der Waals surface area contributed by atoms with Crippen LogP contribution in [0.3, 0.4) is 0 Å². The molecular formula is C22H20Cl2INO2. The van der Waals surface area contributed by atoms with Crippen LogP contribution in [0.1, 0.15) is 18.1 Å². The van der Waals surface area contributed by atoms with Crippen molar-refractivity contribution in [2.75, 3.05) is 11.9 Å². The summed E-state index contributed by atoms with van der Waals surface area (Å²) in [5.41, 5.74) is 3.03. The molecule has 28 heavy (non-hydrogen) atoms. The lowest BCUT2D eigenvalue weighted by Gasteiger charge is -2.16. The molecule has 3 aromatic rings. The molecule has 0 amide bonds. The largest absolute Gasteiger partial charge is 0.490 e. The maximum absolute atomic E-state index is 6.24. The number of benzene rings is 3. The van der Waals surface area contributed by atoms with E-state index in [9.17, 15) is 0 Å². The van der Waals surface area contributed by atoms with Crippen molar-refractivity contribution in [3.05, 3.63) is 85.4 Å². The minimum absolute atomic E-state index is 0.495. The van der Waals surface area contributed by atoms with Crippen LogP contribution < -0.4 is 14.8 Å². The Balaban J connectivity index is 1.75. The second-order valence-corrected chi connectivity index (χ2v) is 8.10. The lowest BCUT2D eigenvalue weighted by atomic mass is 10.2. The van der Waals surface area contributed by atoms with Gasteiger partial charge in [0, 0.05) is 11.6 Å². The van der Waals surface area contributed by atoms with E-state index in [-0.39, 0.29) is 0 Å². The Morgan fingerprint density at radius 1 is 0.929 bits per heavy atom. The van der Waals surface area contributed by atoms with Gasteiger partial charge in [-0.15, -0.1) is 0 Å². The third kappa shape index (κ3) is 5.69. The van der Waals surface area contributed by atoms with Gasteiger partial charge in [-0.05, 0) is 71.0 Å². The summed E-state index contributed by atoms with van der Waals surface area (Å²) in [6.45, 7) is 3.63. The quantitative estimate of drug-likeness (QED) is 0.314. The van der Waals surface area contributed by atoms with Gasteiger partial charge >= 0.3 is 0 Å². The maximum Gasteiger partial charge on any atom is 0.174 e. The Morgan fingerprint density at radius 2 is 1.71 bits per heavy atom. The van der Waals surface area contributed by atoms with E-state index >= 15 is 0 Å². The van der Waals surface area contributed by atoms with E-state index < -0.39 is 0 Å². The standard InChI is InChI=1S/C22H20Cl2INO2/c1-2-27-21-11-16(13-26-20-9-8-17(23)12-18(20)24)10-19(25)22(21)28-14-15-6-4-3-5-7-15/h3-12,26H,2,13-14H2,1H3. The van der Waals surface area contributed by atoms with E-state index in [1.165, 1.54) is 0 Å². The van der Waals surface area contributed by atoms with Gasteiger partial charge in [-0.2, -0.15) is 0 Å². The summed E-state index contributed by atoms with van der Waals surface area (Å²) in [7, 11) is 0. The molecule has 0 bridgehead atoms. The van der Waals surface area contributed by atoms with Gasteiger partial charge < -0.3 is 14.8 Å². The van der Waals surface area contributed by atoms with E-state index in [2.05, 4.69) is 34.0 Å². The van der Waals surface area contributed by atoms with E-state index in [1.807, 2.05) is 55.5 Å². The Kier molecular flexibility index (Phi) is 7.71. The molecule has 0 aromatic heterocycles. The average molecular weight is 528 g/mol. The summed E-state index contributed by atoms with van der Waals surface area (Å²) < 4.78 is 12.9. The highest BCUT2D eigenvalue weighted by atomic mass is 127. The molecule has 0 saturated heterocycles. The summed E-state index contributed by atoms with van der Waals surface area (Å²) in [6, 6.07) is 19.6. The molecule has 0 unspecified atom stereocenters. The molecule has 3 rings (SSSR count). The molecule has 0 atom stereocenters. The monoisotopic (exact) mass is 527 g/mol. The first-order valence-electron chi connectivity index (χ1n) is 8.87. The van der Waals surface area contributed by atoms with Crippen molar-refractivity contribution < 1.29 is 9.47 Å². The molecule has 0 aliphatic carbocycles. The van der Waals surface area contributed by atoms with Crippen LogP contribution in [0.2, 0.25) is 10.0 Å². The fourth-order valence-electron chi connectivity index (χ4n) is 2.69. The van der Waals surface area contributed by atoms with E-state index in [4.69, 9.17) is 32.7 Å². The Bertz CT molecular complexity index is 935. The first kappa shape index (κ1) is 21.1. The molecule has 0 fully saturated rings. The topological polar surface area (TPSA) is 30.5 Å². The van der Waals surface area contributed by atoms with Crippen molar-refractivity contribution in [2.24, 2.45) is 0 Å². The molecule has 6 heteroatoms. The Hall–Kier alpha value is -1.63. The van der Waals surface area contributed by atoms with Crippen LogP contribution >= 0.6 is 45.8 Å². The smallest absolute Gasteiger partial charge is 0.174 e. The van der Waals surface area contributed by atoms with Crippen LogP contribution in [0, 0.1) is 3.57 Å². The third-order valence-electron chi connectivity index (χ3n) is 4.01. The van der Waals surface area contributed by atoms with Crippen molar-refractivity contribution >= 4 is 51.5 Å². The fraction of sp³-hybridized carbons (Fsp3) is 0.182. The molecular weight excluding hydrogens is 508 g/mol. The van der Waals surface area contributed by atoms with Gasteiger partial charge in [0.2, 0.25) is 0 Å². The van der Waals surface area contributed by atoms with E-state index in [1.54, 1.807) is 6.07 Å². The highest BCUT2D eigenvalue weighted by molar-refractivity contribution is 14.1. The van der Waals surface area contributed by atoms with Gasteiger partial charge in [0.05, 0.1) is 20.9 Å². The van der Waals surface area contributed by atoms with Crippen molar-refractivity contribution in [3.63, 3.8) is 0 Å². The molecule has 146 valence electrons. The van der Waals surface area contributed by atoms with Crippen molar-refractivity contribution in [1.82, 2.24) is 0 Å². The highest BCUT2D eigenvalue weighted by Crippen LogP contribution is 2.35. The summed E-state index contributed by atoms with van der Waals surface area (Å²) in [6.07, 6.45) is 0. The van der Waals surface area contributed by atoms with Crippen LogP contribution in [-0.2, 0) is 13.2 Å². The lowest BCUT2D eigenvalue weighted by Crippen LogP contribution is -2.05. The molecule has 0 spiro atoms. The lowest BCUT2D eigenvalue weighted by molar-refractivity contribution is 0.267. The van der Waals surface area contributed by atoms with Crippen LogP contribution in [0.5, 0.6) is 11.5 Å². The van der Waals surface area contributed by atoms with Crippen LogP contribution in [-0.4, -0.2) is 6.61 Å². The average Bonchev–Trinajstić information content (AvgIpc) is 2.68. The number of ether oxygens (including phenoxy) is 2. The van der Waals surface area contributed by atoms with Crippen LogP contribution in [0.15, 0.2) is 60.7 Å². The minimum atomic E-state index is 0.495. The summed E-state index contributed by atoms with van der Waals surface area (Å²) in [5, 5.41) is 4.55. The molecule has 0 saturated carbocycles. The molecule has 0 aliphatic rings. The number of hydrogen-bond acceptors (Lipinski definition) is 3. The van der Waals surface area contributed by atoms with Crippen LogP contribution in [0.4, 0.5) is 5.69 Å². The van der Waals surface area contributed by atoms with E-state index in [0.717, 1.165) is 31.9 Å². The molecule has 0 aliphatic heterocycles. The van der Waals surface area contributed by atoms with E-state index in [0.29, 0.717) is 29.8 Å². The second-order valence-electron chi connectivity index (χ2n) is 6.09. The summed E-state index contributed by atoms with van der Waals surface area (Å²) >= 11 is 14.5. The fourth-order valence-corrected chi connectivity index (χ4v) is 3.98. The Morgan fingerprint density at radius 3 is 2.43 bits per heavy atom. The number of nitrogens with one attached hydrogen (secondary N) is 1. The third-order valence-corrected chi connectivity index (χ3v) is 5.36.